The Bertz CT molecular complexity index is 996. The molecule has 0 unspecified atom stereocenters. The van der Waals surface area contributed by atoms with Crippen molar-refractivity contribution in [3.8, 4) is 0 Å². The lowest BCUT2D eigenvalue weighted by atomic mass is 9.95. The zero-order valence-corrected chi connectivity index (χ0v) is 20.4. The van der Waals surface area contributed by atoms with Crippen LogP contribution in [0.4, 0.5) is 0 Å². The van der Waals surface area contributed by atoms with Crippen LogP contribution in [0.25, 0.3) is 0 Å². The molecule has 1 aliphatic heterocycles. The first-order chi connectivity index (χ1) is 16.1. The van der Waals surface area contributed by atoms with Gasteiger partial charge in [0.05, 0.1) is 18.7 Å². The monoisotopic (exact) mass is 484 g/mol. The van der Waals surface area contributed by atoms with Crippen molar-refractivity contribution in [2.75, 3.05) is 5.75 Å². The molecule has 1 aromatic heterocycles. The molecule has 3 N–H and O–H groups in total. The summed E-state index contributed by atoms with van der Waals surface area (Å²) in [5.41, 5.74) is 0.560. The van der Waals surface area contributed by atoms with E-state index in [1.165, 1.54) is 18.2 Å². The number of nitrogens with zero attached hydrogens (tertiary/aromatic N) is 1. The Hall–Kier alpha value is -3.08. The second kappa shape index (κ2) is 13.0. The maximum atomic E-state index is 12.9. The summed E-state index contributed by atoms with van der Waals surface area (Å²) in [4.78, 5) is 55.3. The number of hydrogen-bond acceptors (Lipinski definition) is 7. The number of ether oxygens (including phenoxy) is 1. The quantitative estimate of drug-likeness (QED) is 0.162. The number of carbonyl (C=O) groups excluding carboxylic acids is 4. The Balaban J connectivity index is 2.44. The topological polar surface area (TPSA) is 126 Å². The normalized spacial score (nSPS) is 21.9. The van der Waals surface area contributed by atoms with Crippen molar-refractivity contribution in [1.82, 2.24) is 20.9 Å². The number of aromatic nitrogens is 1. The maximum Gasteiger partial charge on any atom is 0.329 e. The van der Waals surface area contributed by atoms with E-state index in [9.17, 15) is 19.2 Å². The fourth-order valence-electron chi connectivity index (χ4n) is 3.12. The molecule has 0 aromatic carbocycles. The third-order valence-corrected chi connectivity index (χ3v) is 5.15. The van der Waals surface area contributed by atoms with Crippen molar-refractivity contribution in [3.63, 3.8) is 0 Å². The highest BCUT2D eigenvalue weighted by Crippen LogP contribution is 2.11. The van der Waals surface area contributed by atoms with E-state index in [1.54, 1.807) is 32.9 Å². The number of thiol groups is 1. The Labute approximate surface area is 206 Å². The fourth-order valence-corrected chi connectivity index (χ4v) is 3.27. The van der Waals surface area contributed by atoms with E-state index < -0.39 is 35.8 Å². The molecule has 2 rings (SSSR count). The Kier molecular flexibility index (Phi) is 10.4. The van der Waals surface area contributed by atoms with E-state index in [4.69, 9.17) is 12.6 Å². The Morgan fingerprint density at radius 2 is 1.97 bits per heavy atom. The summed E-state index contributed by atoms with van der Waals surface area (Å²) in [6.07, 6.45) is 4.47. The number of fused-ring (bicyclic) bond motifs is 2. The summed E-state index contributed by atoms with van der Waals surface area (Å²) in [5.74, 6) is -2.13. The van der Waals surface area contributed by atoms with Crippen molar-refractivity contribution in [2.24, 2.45) is 5.92 Å². The summed E-state index contributed by atoms with van der Waals surface area (Å²) in [5, 5.41) is 7.80. The van der Waals surface area contributed by atoms with Crippen molar-refractivity contribution in [1.29, 1.82) is 0 Å². The molecule has 11 heteroatoms. The van der Waals surface area contributed by atoms with Gasteiger partial charge in [-0.3, -0.25) is 14.4 Å². The van der Waals surface area contributed by atoms with Crippen LogP contribution in [0.2, 0.25) is 0 Å². The van der Waals surface area contributed by atoms with E-state index in [-0.39, 0.29) is 35.7 Å². The predicted octanol–water partition coefficient (Wildman–Crippen LogP) is 0.458. The second-order valence-electron chi connectivity index (χ2n) is 8.03. The van der Waals surface area contributed by atoms with Crippen LogP contribution in [0.15, 0.2) is 36.1 Å². The summed E-state index contributed by atoms with van der Waals surface area (Å²) in [6, 6.07) is 1.89. The number of pyridine rings is 1. The van der Waals surface area contributed by atoms with E-state index in [1.807, 2.05) is 0 Å². The van der Waals surface area contributed by atoms with Crippen molar-refractivity contribution in [2.45, 2.75) is 52.3 Å². The van der Waals surface area contributed by atoms with Crippen LogP contribution in [0, 0.1) is 5.92 Å². The summed E-state index contributed by atoms with van der Waals surface area (Å²) in [7, 11) is 5.90. The van der Waals surface area contributed by atoms with Gasteiger partial charge in [-0.1, -0.05) is 31.5 Å². The number of hydrogen-bond donors (Lipinski definition) is 4. The van der Waals surface area contributed by atoms with Crippen LogP contribution in [-0.4, -0.2) is 54.4 Å². The molecular formula is C23H29BN4O5S. The van der Waals surface area contributed by atoms with E-state index in [0.717, 1.165) is 0 Å². The molecule has 2 atom stereocenters. The molecule has 0 fully saturated rings. The van der Waals surface area contributed by atoms with Gasteiger partial charge >= 0.3 is 5.97 Å². The van der Waals surface area contributed by atoms with Crippen LogP contribution in [0.1, 0.15) is 49.8 Å². The van der Waals surface area contributed by atoms with Crippen LogP contribution >= 0.6 is 12.6 Å². The first-order valence-corrected chi connectivity index (χ1v) is 11.6. The first-order valence-electron chi connectivity index (χ1n) is 10.9. The molecule has 3 amide bonds. The number of rotatable bonds is 4. The highest BCUT2D eigenvalue weighted by molar-refractivity contribution is 7.80. The van der Waals surface area contributed by atoms with E-state index in [0.29, 0.717) is 17.9 Å². The molecule has 180 valence electrons. The molecule has 34 heavy (non-hydrogen) atoms. The summed E-state index contributed by atoms with van der Waals surface area (Å²) in [6.45, 7) is 5.08. The van der Waals surface area contributed by atoms with Gasteiger partial charge in [0.2, 0.25) is 5.91 Å². The molecule has 2 bridgehead atoms. The van der Waals surface area contributed by atoms with Crippen molar-refractivity contribution >= 4 is 49.6 Å². The maximum absolute atomic E-state index is 12.9. The first kappa shape index (κ1) is 27.2. The van der Waals surface area contributed by atoms with Crippen molar-refractivity contribution < 1.29 is 23.9 Å². The zero-order valence-electron chi connectivity index (χ0n) is 19.5. The minimum absolute atomic E-state index is 0.0107. The molecule has 0 saturated carbocycles. The van der Waals surface area contributed by atoms with Gasteiger partial charge in [0.1, 0.15) is 31.4 Å². The van der Waals surface area contributed by atoms with E-state index >= 15 is 0 Å². The van der Waals surface area contributed by atoms with Crippen LogP contribution in [-0.2, 0) is 25.7 Å². The predicted molar refractivity (Wildman–Crippen MR) is 132 cm³/mol. The molecule has 9 nitrogen and oxygen atoms in total. The molecule has 0 aliphatic carbocycles. The lowest BCUT2D eigenvalue weighted by molar-refractivity contribution is -0.153. The highest BCUT2D eigenvalue weighted by atomic mass is 32.1. The molecule has 0 spiro atoms. The van der Waals surface area contributed by atoms with Gasteiger partial charge in [-0.15, -0.1) is 0 Å². The van der Waals surface area contributed by atoms with Crippen molar-refractivity contribution in [3.05, 3.63) is 47.4 Å². The average molecular weight is 484 g/mol. The van der Waals surface area contributed by atoms with Gasteiger partial charge in [0.15, 0.2) is 0 Å². The molecular weight excluding hydrogens is 455 g/mol. The standard InChI is InChI=1S/C23H29BN4O5S/c1-4-17-21(30)28-20(13(2)3)23(32)33-16(7-5-6-8-34)11-19(29)25-12-15-9-14(24)10-18(26-15)22(31)27-17/h4-5,7,9-10,13,16,20,34H,6,8,11-12H2,1-3H3,(H,25,29)(H,27,31)(H,28,30)/b7-5+,17-4-/t16-,20+/m1/s1. The van der Waals surface area contributed by atoms with Gasteiger partial charge < -0.3 is 20.7 Å². The summed E-state index contributed by atoms with van der Waals surface area (Å²) < 4.78 is 5.57. The van der Waals surface area contributed by atoms with Crippen LogP contribution in [0.3, 0.4) is 0 Å². The minimum atomic E-state index is -1.01. The van der Waals surface area contributed by atoms with Gasteiger partial charge in [0, 0.05) is 0 Å². The third kappa shape index (κ3) is 8.05. The fraction of sp³-hybridized carbons (Fsp3) is 0.435. The Morgan fingerprint density at radius 3 is 2.62 bits per heavy atom. The minimum Gasteiger partial charge on any atom is -0.456 e. The van der Waals surface area contributed by atoms with Crippen LogP contribution < -0.4 is 21.4 Å². The van der Waals surface area contributed by atoms with Gasteiger partial charge in [-0.2, -0.15) is 12.6 Å². The smallest absolute Gasteiger partial charge is 0.329 e. The average Bonchev–Trinajstić information content (AvgIpc) is 2.78. The molecule has 0 saturated heterocycles. The zero-order chi connectivity index (χ0) is 25.3. The lowest BCUT2D eigenvalue weighted by Gasteiger charge is -2.24. The highest BCUT2D eigenvalue weighted by Gasteiger charge is 2.30. The summed E-state index contributed by atoms with van der Waals surface area (Å²) >= 11 is 4.15. The molecule has 2 radical (unpaired) electrons. The van der Waals surface area contributed by atoms with Gasteiger partial charge in [-0.25, -0.2) is 9.78 Å². The number of cyclic esters (lactones) is 1. The largest absolute Gasteiger partial charge is 0.456 e. The van der Waals surface area contributed by atoms with Crippen LogP contribution in [0.5, 0.6) is 0 Å². The lowest BCUT2D eigenvalue weighted by Crippen LogP contribution is -2.48. The third-order valence-electron chi connectivity index (χ3n) is 4.89. The van der Waals surface area contributed by atoms with Gasteiger partial charge in [-0.05, 0) is 43.2 Å². The SMILES string of the molecule is [B]c1cc2nc(c1)C(=O)N/C(=C\C)C(=O)N[C@@H](C(C)C)C(=O)O[C@H](/C=C/CCS)CC(=O)NC2. The molecule has 1 aromatic rings. The number of allylic oxidation sites excluding steroid dienone is 2. The van der Waals surface area contributed by atoms with E-state index in [2.05, 4.69) is 33.6 Å². The number of nitrogens with one attached hydrogen (secondary N) is 3. The molecule has 1 aliphatic rings. The second-order valence-corrected chi connectivity index (χ2v) is 8.47. The molecule has 2 heterocycles. The van der Waals surface area contributed by atoms with Gasteiger partial charge in [0.25, 0.3) is 11.8 Å². The Morgan fingerprint density at radius 1 is 1.24 bits per heavy atom. The number of esters is 1. The number of amides is 3. The number of carbonyl (C=O) groups is 4.